The lowest BCUT2D eigenvalue weighted by Crippen LogP contribution is -2.14. The summed E-state index contributed by atoms with van der Waals surface area (Å²) in [5, 5.41) is 10.3. The number of hydrogen-bond acceptors (Lipinski definition) is 5. The third kappa shape index (κ3) is 4.45. The zero-order valence-electron chi connectivity index (χ0n) is 13.4. The van der Waals surface area contributed by atoms with E-state index in [1.807, 2.05) is 6.07 Å². The number of aromatic nitrogens is 2. The largest absolute Gasteiger partial charge is 0.359 e. The summed E-state index contributed by atoms with van der Waals surface area (Å²) in [6.45, 7) is 1.79. The summed E-state index contributed by atoms with van der Waals surface area (Å²) in [4.78, 5) is 16.7. The fraction of sp³-hybridized carbons (Fsp3) is 0.0556. The lowest BCUT2D eigenvalue weighted by molar-refractivity contribution is -0.111. The number of pyridine rings is 1. The molecule has 3 aromatic rings. The Balaban J connectivity index is 1.85. The van der Waals surface area contributed by atoms with Crippen LogP contribution in [-0.2, 0) is 4.79 Å². The number of hydrogen-bond donors (Lipinski definition) is 2. The van der Waals surface area contributed by atoms with Crippen molar-refractivity contribution < 1.29 is 9.32 Å². The second kappa shape index (κ2) is 7.63. The molecule has 0 radical (unpaired) electrons. The molecule has 1 aromatic carbocycles. The van der Waals surface area contributed by atoms with Gasteiger partial charge in [-0.3, -0.25) is 9.78 Å². The predicted molar refractivity (Wildman–Crippen MR) is 97.2 cm³/mol. The number of amides is 1. The Labute approximate surface area is 149 Å². The number of nitrogens with zero attached hydrogens (tertiary/aromatic N) is 2. The fourth-order valence-electron chi connectivity index (χ4n) is 2.07. The van der Waals surface area contributed by atoms with Crippen LogP contribution < -0.4 is 10.6 Å². The van der Waals surface area contributed by atoms with Gasteiger partial charge in [-0.25, -0.2) is 0 Å². The normalized spacial score (nSPS) is 11.2. The second-order valence-electron chi connectivity index (χ2n) is 5.24. The molecular weight excluding hydrogens is 340 g/mol. The molecule has 0 spiro atoms. The quantitative estimate of drug-likeness (QED) is 0.673. The highest BCUT2D eigenvalue weighted by Crippen LogP contribution is 2.20. The molecule has 2 N–H and O–H groups in total. The predicted octanol–water partition coefficient (Wildman–Crippen LogP) is 4.12. The van der Waals surface area contributed by atoms with Gasteiger partial charge in [0.2, 0.25) is 0 Å². The maximum absolute atomic E-state index is 12.7. The summed E-state index contributed by atoms with van der Waals surface area (Å²) in [7, 11) is 0. The molecule has 0 bridgehead atoms. The minimum atomic E-state index is -0.338. The van der Waals surface area contributed by atoms with E-state index < -0.39 is 0 Å². The number of halogens is 1. The zero-order valence-corrected chi connectivity index (χ0v) is 14.1. The summed E-state index contributed by atoms with van der Waals surface area (Å²) in [5.41, 5.74) is 2.36. The molecular formula is C18H15ClN4O2. The van der Waals surface area contributed by atoms with Crippen molar-refractivity contribution >= 4 is 34.5 Å². The Morgan fingerprint density at radius 1 is 1.20 bits per heavy atom. The third-order valence-corrected chi connectivity index (χ3v) is 3.54. The van der Waals surface area contributed by atoms with E-state index in [1.54, 1.807) is 61.9 Å². The van der Waals surface area contributed by atoms with Gasteiger partial charge in [0.1, 0.15) is 5.57 Å². The van der Waals surface area contributed by atoms with Crippen molar-refractivity contribution in [2.45, 2.75) is 6.92 Å². The molecule has 0 unspecified atom stereocenters. The summed E-state index contributed by atoms with van der Waals surface area (Å²) < 4.78 is 5.24. The number of carbonyl (C=O) groups is 1. The Bertz CT molecular complexity index is 889. The number of nitrogens with one attached hydrogen (secondary N) is 2. The zero-order chi connectivity index (χ0) is 17.6. The Morgan fingerprint density at radius 3 is 2.64 bits per heavy atom. The highest BCUT2D eigenvalue weighted by Gasteiger charge is 2.17. The van der Waals surface area contributed by atoms with E-state index in [4.69, 9.17) is 16.1 Å². The van der Waals surface area contributed by atoms with Crippen LogP contribution in [0.2, 0.25) is 5.02 Å². The van der Waals surface area contributed by atoms with Gasteiger partial charge >= 0.3 is 0 Å². The molecule has 0 fully saturated rings. The van der Waals surface area contributed by atoms with Crippen molar-refractivity contribution in [2.75, 3.05) is 10.6 Å². The molecule has 1 amide bonds. The summed E-state index contributed by atoms with van der Waals surface area (Å²) >= 11 is 5.86. The van der Waals surface area contributed by atoms with Gasteiger partial charge in [0, 0.05) is 29.2 Å². The van der Waals surface area contributed by atoms with E-state index in [1.165, 1.54) is 0 Å². The van der Waals surface area contributed by atoms with Gasteiger partial charge in [0.15, 0.2) is 5.76 Å². The first-order valence-electron chi connectivity index (χ1n) is 7.49. The summed E-state index contributed by atoms with van der Waals surface area (Å²) in [6, 6.07) is 12.2. The molecule has 2 heterocycles. The molecule has 0 saturated carbocycles. The van der Waals surface area contributed by atoms with Gasteiger partial charge in [0.05, 0.1) is 17.6 Å². The van der Waals surface area contributed by atoms with Crippen molar-refractivity contribution in [3.05, 3.63) is 77.5 Å². The van der Waals surface area contributed by atoms with Crippen LogP contribution >= 0.6 is 11.6 Å². The van der Waals surface area contributed by atoms with Crippen molar-refractivity contribution in [3.8, 4) is 0 Å². The molecule has 7 heteroatoms. The van der Waals surface area contributed by atoms with Crippen LogP contribution in [0.3, 0.4) is 0 Å². The van der Waals surface area contributed by atoms with Crippen LogP contribution in [0.5, 0.6) is 0 Å². The van der Waals surface area contributed by atoms with Gasteiger partial charge < -0.3 is 15.2 Å². The van der Waals surface area contributed by atoms with Crippen LogP contribution in [0.15, 0.2) is 65.6 Å². The molecule has 0 aliphatic carbocycles. The van der Waals surface area contributed by atoms with E-state index in [0.717, 1.165) is 5.69 Å². The molecule has 2 aromatic heterocycles. The number of rotatable bonds is 5. The standard InChI is InChI=1S/C18H15ClN4O2/c1-12-9-17(25-23-12)16(11-21-15-3-2-8-20-10-15)18(24)22-14-6-4-13(19)5-7-14/h2-11,21H,1H3,(H,22,24)/b16-11-. The van der Waals surface area contributed by atoms with Crippen LogP contribution in [-0.4, -0.2) is 16.0 Å². The molecule has 0 atom stereocenters. The molecule has 3 rings (SSSR count). The fourth-order valence-corrected chi connectivity index (χ4v) is 2.20. The minimum absolute atomic E-state index is 0.305. The van der Waals surface area contributed by atoms with Crippen molar-refractivity contribution in [2.24, 2.45) is 0 Å². The smallest absolute Gasteiger partial charge is 0.261 e. The minimum Gasteiger partial charge on any atom is -0.359 e. The van der Waals surface area contributed by atoms with Gasteiger partial charge in [-0.05, 0) is 43.3 Å². The highest BCUT2D eigenvalue weighted by molar-refractivity contribution is 6.30. The summed E-state index contributed by atoms with van der Waals surface area (Å²) in [5.74, 6) is 0.0233. The molecule has 0 aliphatic heterocycles. The number of benzene rings is 1. The monoisotopic (exact) mass is 354 g/mol. The van der Waals surface area contributed by atoms with Crippen molar-refractivity contribution in [1.82, 2.24) is 10.1 Å². The molecule has 0 saturated heterocycles. The molecule has 25 heavy (non-hydrogen) atoms. The molecule has 126 valence electrons. The van der Waals surface area contributed by atoms with E-state index >= 15 is 0 Å². The first kappa shape index (κ1) is 16.7. The van der Waals surface area contributed by atoms with Gasteiger partial charge in [-0.2, -0.15) is 0 Å². The molecule has 0 aliphatic rings. The number of aryl methyl sites for hydroxylation is 1. The van der Waals surface area contributed by atoms with Crippen LogP contribution in [0.4, 0.5) is 11.4 Å². The van der Waals surface area contributed by atoms with Crippen LogP contribution in [0.1, 0.15) is 11.5 Å². The SMILES string of the molecule is Cc1cc(/C(=C/Nc2cccnc2)C(=O)Nc2ccc(Cl)cc2)on1. The molecule has 6 nitrogen and oxygen atoms in total. The lowest BCUT2D eigenvalue weighted by Gasteiger charge is -2.08. The maximum Gasteiger partial charge on any atom is 0.261 e. The summed E-state index contributed by atoms with van der Waals surface area (Å²) in [6.07, 6.45) is 4.88. The lowest BCUT2D eigenvalue weighted by atomic mass is 10.2. The van der Waals surface area contributed by atoms with Gasteiger partial charge in [-0.1, -0.05) is 16.8 Å². The van der Waals surface area contributed by atoms with E-state index in [9.17, 15) is 4.79 Å². The Hall–Kier alpha value is -3.12. The average Bonchev–Trinajstić information content (AvgIpc) is 3.04. The Kier molecular flexibility index (Phi) is 5.11. The van der Waals surface area contributed by atoms with E-state index in [2.05, 4.69) is 20.8 Å². The first-order valence-corrected chi connectivity index (χ1v) is 7.87. The van der Waals surface area contributed by atoms with Crippen molar-refractivity contribution in [1.29, 1.82) is 0 Å². The topological polar surface area (TPSA) is 80.0 Å². The first-order chi connectivity index (χ1) is 12.1. The highest BCUT2D eigenvalue weighted by atomic mass is 35.5. The van der Waals surface area contributed by atoms with E-state index in [0.29, 0.717) is 27.7 Å². The van der Waals surface area contributed by atoms with Gasteiger partial charge in [0.25, 0.3) is 5.91 Å². The third-order valence-electron chi connectivity index (χ3n) is 3.28. The Morgan fingerprint density at radius 2 is 2.00 bits per heavy atom. The number of carbonyl (C=O) groups excluding carboxylic acids is 1. The van der Waals surface area contributed by atoms with Crippen molar-refractivity contribution in [3.63, 3.8) is 0 Å². The van der Waals surface area contributed by atoms with E-state index in [-0.39, 0.29) is 5.91 Å². The van der Waals surface area contributed by atoms with Gasteiger partial charge in [-0.15, -0.1) is 0 Å². The second-order valence-corrected chi connectivity index (χ2v) is 5.67. The van der Waals surface area contributed by atoms with Crippen LogP contribution in [0.25, 0.3) is 5.57 Å². The average molecular weight is 355 g/mol. The van der Waals surface area contributed by atoms with Crippen LogP contribution in [0, 0.1) is 6.92 Å². The number of anilines is 2. The maximum atomic E-state index is 12.7.